The summed E-state index contributed by atoms with van der Waals surface area (Å²) < 4.78 is 58.8. The van der Waals surface area contributed by atoms with Crippen LogP contribution in [-0.2, 0) is 11.3 Å². The molecule has 5 aliphatic rings. The van der Waals surface area contributed by atoms with E-state index >= 15 is 0 Å². The van der Waals surface area contributed by atoms with Crippen LogP contribution in [0.3, 0.4) is 0 Å². The maximum atomic E-state index is 13.4. The largest absolute Gasteiger partial charge is 0.390 e. The second kappa shape index (κ2) is 35.8. The Bertz CT molecular complexity index is 5800. The molecule has 0 amide bonds. The van der Waals surface area contributed by atoms with E-state index in [0.29, 0.717) is 76.6 Å². The van der Waals surface area contributed by atoms with E-state index in [4.69, 9.17) is 9.84 Å². The Balaban J connectivity index is 0.000000113. The molecule has 0 spiro atoms. The molecule has 10 aromatic heterocycles. The molecule has 598 valence electrons. The Morgan fingerprint density at radius 3 is 1.20 bits per heavy atom. The van der Waals surface area contributed by atoms with Crippen LogP contribution in [0.1, 0.15) is 128 Å². The van der Waals surface area contributed by atoms with E-state index in [1.165, 1.54) is 73.8 Å². The van der Waals surface area contributed by atoms with Crippen LogP contribution in [-0.4, -0.2) is 148 Å². The summed E-state index contributed by atoms with van der Waals surface area (Å²) >= 11 is 1.64. The van der Waals surface area contributed by atoms with Gasteiger partial charge in [-0.2, -0.15) is 40.3 Å². The number of fused-ring (bicyclic) bond motifs is 1. The van der Waals surface area contributed by atoms with Crippen molar-refractivity contribution in [1.29, 1.82) is 0 Å². The third-order valence-corrected chi connectivity index (χ3v) is 21.6. The normalized spacial score (nSPS) is 17.6. The quantitative estimate of drug-likeness (QED) is 0.0320. The highest BCUT2D eigenvalue weighted by molar-refractivity contribution is 7.13. The van der Waals surface area contributed by atoms with E-state index in [2.05, 4.69) is 151 Å². The van der Waals surface area contributed by atoms with Gasteiger partial charge >= 0.3 is 0 Å². The fourth-order valence-electron chi connectivity index (χ4n) is 15.1. The number of aromatic nitrogens is 22. The van der Waals surface area contributed by atoms with Crippen molar-refractivity contribution < 1.29 is 27.4 Å². The number of anilines is 12. The summed E-state index contributed by atoms with van der Waals surface area (Å²) in [6, 6.07) is 44.2. The van der Waals surface area contributed by atoms with Crippen LogP contribution in [0.25, 0.3) is 32.9 Å². The van der Waals surface area contributed by atoms with Crippen LogP contribution in [0.4, 0.5) is 88.4 Å². The highest BCUT2D eigenvalue weighted by Crippen LogP contribution is 2.40. The lowest BCUT2D eigenvalue weighted by Gasteiger charge is -2.25. The second-order valence-corrected chi connectivity index (χ2v) is 29.2. The number of thiophene rings is 1. The maximum Gasteiger partial charge on any atom is 0.233 e. The van der Waals surface area contributed by atoms with Gasteiger partial charge in [-0.3, -0.25) is 30.4 Å². The predicted molar refractivity (Wildman–Crippen MR) is 435 cm³/mol. The van der Waals surface area contributed by atoms with Gasteiger partial charge in [0.1, 0.15) is 48.6 Å². The first-order chi connectivity index (χ1) is 58.0. The highest BCUT2D eigenvalue weighted by Gasteiger charge is 2.33. The molecule has 9 N–H and O–H groups in total. The zero-order valence-corrected chi connectivity index (χ0v) is 64.1. The van der Waals surface area contributed by atoms with E-state index in [-0.39, 0.29) is 60.1 Å². The number of halogens is 4. The summed E-state index contributed by atoms with van der Waals surface area (Å²) in [5.41, 5.74) is 10.1. The molecule has 5 aromatic carbocycles. The minimum absolute atomic E-state index is 0.0769. The van der Waals surface area contributed by atoms with Crippen LogP contribution >= 0.6 is 11.3 Å². The smallest absolute Gasteiger partial charge is 0.233 e. The molecule has 118 heavy (non-hydrogen) atoms. The lowest BCUT2D eigenvalue weighted by Crippen LogP contribution is -2.25. The number of hydrogen-bond donors (Lipinski definition) is 9. The number of hydrogen-bond acceptors (Lipinski definition) is 29. The van der Waals surface area contributed by atoms with Crippen molar-refractivity contribution in [2.45, 2.75) is 101 Å². The van der Waals surface area contributed by atoms with Gasteiger partial charge in [0.15, 0.2) is 23.3 Å². The van der Waals surface area contributed by atoms with Crippen LogP contribution in [0.2, 0.25) is 0 Å². The summed E-state index contributed by atoms with van der Waals surface area (Å²) in [6.07, 6.45) is 19.4. The Hall–Kier alpha value is -13.9. The van der Waals surface area contributed by atoms with Gasteiger partial charge in [-0.05, 0) is 159 Å². The predicted octanol–water partition coefficient (Wildman–Crippen LogP) is 15.0. The molecule has 5 fully saturated rings. The van der Waals surface area contributed by atoms with E-state index in [1.807, 2.05) is 90.3 Å². The number of nitrogens with zero attached hydrogens (tertiary/aromatic N) is 22. The third-order valence-electron chi connectivity index (χ3n) is 20.7. The molecule has 15 heterocycles. The molecule has 5 aliphatic heterocycles. The number of aliphatic hydroxyl groups excluding tert-OH is 1. The van der Waals surface area contributed by atoms with Gasteiger partial charge in [-0.25, -0.2) is 57.4 Å². The van der Waals surface area contributed by atoms with Crippen molar-refractivity contribution in [3.8, 4) is 21.8 Å². The number of ether oxygens (including phenoxy) is 1. The summed E-state index contributed by atoms with van der Waals surface area (Å²) in [4.78, 5) is 70.8. The molecule has 37 heteroatoms. The van der Waals surface area contributed by atoms with Crippen molar-refractivity contribution in [3.05, 3.63) is 252 Å². The van der Waals surface area contributed by atoms with Crippen LogP contribution in [0, 0.1) is 23.3 Å². The molecular weight excluding hydrogens is 1530 g/mol. The Morgan fingerprint density at radius 2 is 0.797 bits per heavy atom. The lowest BCUT2D eigenvalue weighted by atomic mass is 10.0. The number of aliphatic hydroxyl groups is 1. The molecule has 0 radical (unpaired) electrons. The summed E-state index contributed by atoms with van der Waals surface area (Å²) in [6.45, 7) is 4.00. The zero-order chi connectivity index (χ0) is 80.1. The number of H-pyrrole nitrogens is 4. The minimum atomic E-state index is -0.244. The monoisotopic (exact) mass is 1610 g/mol. The fraction of sp³-hybridized carbons (Fsp3) is 0.259. The molecule has 32 nitrogen and oxygen atoms in total. The molecule has 5 saturated heterocycles. The number of rotatable bonds is 20. The second-order valence-electron chi connectivity index (χ2n) is 28.3. The Labute approximate surface area is 676 Å². The van der Waals surface area contributed by atoms with Crippen molar-refractivity contribution in [2.75, 3.05) is 73.7 Å². The molecule has 0 saturated carbocycles. The van der Waals surface area contributed by atoms with Crippen molar-refractivity contribution >= 4 is 93.2 Å². The van der Waals surface area contributed by atoms with Gasteiger partial charge in [0.05, 0.1) is 75.6 Å². The fourth-order valence-corrected chi connectivity index (χ4v) is 15.7. The van der Waals surface area contributed by atoms with Crippen LogP contribution in [0.15, 0.2) is 195 Å². The minimum Gasteiger partial charge on any atom is -0.390 e. The molecular formula is C81H78F4N30O2S. The van der Waals surface area contributed by atoms with Gasteiger partial charge < -0.3 is 50.7 Å². The average Bonchev–Trinajstić information content (AvgIpc) is 1.63. The maximum absolute atomic E-state index is 13.4. The number of aromatic amines is 4. The van der Waals surface area contributed by atoms with E-state index < -0.39 is 0 Å². The molecule has 5 unspecified atom stereocenters. The van der Waals surface area contributed by atoms with Crippen molar-refractivity contribution in [2.24, 2.45) is 0 Å². The highest BCUT2D eigenvalue weighted by atomic mass is 32.1. The lowest BCUT2D eigenvalue weighted by molar-refractivity contribution is 0.108. The first-order valence-corrected chi connectivity index (χ1v) is 39.5. The summed E-state index contributed by atoms with van der Waals surface area (Å²) in [7, 11) is 0. The standard InChI is InChI=1S/C24H20FN9.C20H22FN7O.C20H18FN7S.C17H18FN7O/c25-17-6-3-15(4-7-17)21-2-1-11-34(21)24-29-14-28-23(31-24)30-22-13-19(32-33-22)16-5-8-18-20(12-16)27-10-9-26-18;2*21-14-7-5-13(6-8-14)16-3-1-9-28(16)20-23-12-22-19(25-20)24-18-11-15(26-27-18)17-4-2-10-29-17;18-12-5-3-11(4-6-12)14-2-1-7-25(14)17-20-10-19-16(22-17)21-15-8-13(9-26)23-24-15/h3-10,12-14,21H,1-2,11H2,(H2,28,29,30,31,32,33);5-8,11-12,16-17H,1-4,9-10H2,(H2,22,23,24,25,26,27);2,4-8,10-12,16H,1,3,9H2,(H2,22,23,24,25,26,27);3-6,8,10,14,26H,1-2,7,9H2,(H2,19,20,21,22,23,24). The van der Waals surface area contributed by atoms with Gasteiger partial charge in [-0.1, -0.05) is 60.7 Å². The van der Waals surface area contributed by atoms with Crippen molar-refractivity contribution in [1.82, 2.24) is 111 Å². The average molecular weight is 1610 g/mol. The third kappa shape index (κ3) is 18.4. The molecule has 5 atom stereocenters. The van der Waals surface area contributed by atoms with E-state index in [1.54, 1.807) is 41.9 Å². The SMILES string of the molecule is Fc1ccc(C2CCCN2c2ncnc(Nc3cc(-c4ccc5nccnc5c4)[nH]n3)n2)cc1.Fc1ccc(C2CCCN2c2ncnc(Nc3cc(-c4cccs4)[nH]n3)n2)cc1.Fc1ccc(C2CCCN2c2ncnc(Nc3cc(C4CCCO4)[nH]n3)n2)cc1.OCc1cc(Nc2ncnc(N3CCCC3c3ccc(F)cc3)n2)n[nH]1. The van der Waals surface area contributed by atoms with Gasteiger partial charge in [-0.15, -0.1) is 11.3 Å². The van der Waals surface area contributed by atoms with Crippen LogP contribution < -0.4 is 40.9 Å². The Morgan fingerprint density at radius 1 is 0.398 bits per heavy atom. The van der Waals surface area contributed by atoms with Gasteiger partial charge in [0.25, 0.3) is 0 Å². The van der Waals surface area contributed by atoms with E-state index in [9.17, 15) is 17.6 Å². The number of benzene rings is 5. The first kappa shape index (κ1) is 76.7. The van der Waals surface area contributed by atoms with Gasteiger partial charge in [0, 0.05) is 75.0 Å². The summed E-state index contributed by atoms with van der Waals surface area (Å²) in [5, 5.41) is 52.3. The molecule has 15 aromatic rings. The van der Waals surface area contributed by atoms with Crippen molar-refractivity contribution in [3.63, 3.8) is 0 Å². The van der Waals surface area contributed by atoms with E-state index in [0.717, 1.165) is 158 Å². The molecule has 0 bridgehead atoms. The van der Waals surface area contributed by atoms with Gasteiger partial charge in [0.2, 0.25) is 47.6 Å². The molecule has 20 rings (SSSR count). The molecule has 0 aliphatic carbocycles. The number of nitrogens with one attached hydrogen (secondary N) is 8. The topological polar surface area (TPSA) is 386 Å². The van der Waals surface area contributed by atoms with Crippen LogP contribution in [0.5, 0.6) is 0 Å². The first-order valence-electron chi connectivity index (χ1n) is 38.6. The Kier molecular flexibility index (Phi) is 23.3. The zero-order valence-electron chi connectivity index (χ0n) is 63.3. The summed E-state index contributed by atoms with van der Waals surface area (Å²) in [5.74, 6) is 5.42.